The third kappa shape index (κ3) is 5.28. The van der Waals surface area contributed by atoms with Crippen molar-refractivity contribution in [2.24, 2.45) is 0 Å². The number of nitrogens with one attached hydrogen (secondary N) is 1. The standard InChI is InChI=1S/C18H26N2O5S/c1-3-11-26(23,24)20-10-6-9-16(20)18(22)25-13-17(21)19-15-8-5-7-14(4-2)12-15/h5,7-8,12,16H,3-4,6,9-11,13H2,1-2H3,(H,19,21). The molecule has 1 N–H and O–H groups in total. The van der Waals surface area contributed by atoms with Crippen molar-refractivity contribution in [1.82, 2.24) is 4.31 Å². The summed E-state index contributed by atoms with van der Waals surface area (Å²) in [6.45, 7) is 3.67. The van der Waals surface area contributed by atoms with Gasteiger partial charge < -0.3 is 10.1 Å². The molecule has 0 saturated carbocycles. The Morgan fingerprint density at radius 2 is 2.08 bits per heavy atom. The normalized spacial score (nSPS) is 17.8. The van der Waals surface area contributed by atoms with Gasteiger partial charge in [0.05, 0.1) is 5.75 Å². The van der Waals surface area contributed by atoms with Gasteiger partial charge in [0.2, 0.25) is 10.0 Å². The Kier molecular flexibility index (Phi) is 7.16. The van der Waals surface area contributed by atoms with Crippen LogP contribution in [0.4, 0.5) is 5.69 Å². The highest BCUT2D eigenvalue weighted by Gasteiger charge is 2.39. The van der Waals surface area contributed by atoms with Gasteiger partial charge in [0.25, 0.3) is 5.91 Å². The summed E-state index contributed by atoms with van der Waals surface area (Å²) in [5, 5.41) is 2.68. The molecule has 1 aliphatic heterocycles. The molecule has 2 rings (SSSR count). The first-order valence-corrected chi connectivity index (χ1v) is 10.5. The molecular weight excluding hydrogens is 356 g/mol. The van der Waals surface area contributed by atoms with E-state index in [0.29, 0.717) is 31.5 Å². The number of hydrogen-bond acceptors (Lipinski definition) is 5. The average Bonchev–Trinajstić information content (AvgIpc) is 3.10. The summed E-state index contributed by atoms with van der Waals surface area (Å²) in [7, 11) is -3.47. The summed E-state index contributed by atoms with van der Waals surface area (Å²) in [6.07, 6.45) is 2.36. The van der Waals surface area contributed by atoms with Gasteiger partial charge in [0.1, 0.15) is 6.04 Å². The number of carbonyl (C=O) groups is 2. The number of amides is 1. The predicted molar refractivity (Wildman–Crippen MR) is 99.2 cm³/mol. The molecule has 7 nitrogen and oxygen atoms in total. The van der Waals surface area contributed by atoms with Gasteiger partial charge in [-0.15, -0.1) is 0 Å². The Bertz CT molecular complexity index is 748. The van der Waals surface area contributed by atoms with Gasteiger partial charge in [-0.2, -0.15) is 4.31 Å². The first kappa shape index (κ1) is 20.4. The molecule has 1 atom stereocenters. The monoisotopic (exact) mass is 382 g/mol. The molecular formula is C18H26N2O5S. The maximum atomic E-state index is 12.3. The quantitative estimate of drug-likeness (QED) is 0.694. The minimum atomic E-state index is -3.47. The molecule has 8 heteroatoms. The lowest BCUT2D eigenvalue weighted by Crippen LogP contribution is -2.43. The summed E-state index contributed by atoms with van der Waals surface area (Å²) < 4.78 is 30.7. The van der Waals surface area contributed by atoms with Crippen molar-refractivity contribution in [2.75, 3.05) is 24.2 Å². The van der Waals surface area contributed by atoms with Crippen molar-refractivity contribution < 1.29 is 22.7 Å². The maximum Gasteiger partial charge on any atom is 0.324 e. The highest BCUT2D eigenvalue weighted by molar-refractivity contribution is 7.89. The predicted octanol–water partition coefficient (Wildman–Crippen LogP) is 1.93. The summed E-state index contributed by atoms with van der Waals surface area (Å²) in [5.41, 5.74) is 1.72. The van der Waals surface area contributed by atoms with Crippen LogP contribution in [0.15, 0.2) is 24.3 Å². The fourth-order valence-electron chi connectivity index (χ4n) is 2.98. The van der Waals surface area contributed by atoms with Crippen molar-refractivity contribution in [1.29, 1.82) is 0 Å². The second-order valence-electron chi connectivity index (χ2n) is 6.29. The van der Waals surface area contributed by atoms with Gasteiger partial charge in [-0.3, -0.25) is 9.59 Å². The number of esters is 1. The van der Waals surface area contributed by atoms with Gasteiger partial charge in [-0.25, -0.2) is 8.42 Å². The van der Waals surface area contributed by atoms with E-state index < -0.39 is 34.5 Å². The number of anilines is 1. The molecule has 1 amide bonds. The molecule has 1 saturated heterocycles. The summed E-state index contributed by atoms with van der Waals surface area (Å²) in [5.74, 6) is -1.11. The van der Waals surface area contributed by atoms with E-state index in [1.165, 1.54) is 4.31 Å². The fraction of sp³-hybridized carbons (Fsp3) is 0.556. The first-order chi connectivity index (χ1) is 12.4. The van der Waals surface area contributed by atoms with Crippen molar-refractivity contribution in [3.05, 3.63) is 29.8 Å². The Balaban J connectivity index is 1.90. The molecule has 0 spiro atoms. The summed E-state index contributed by atoms with van der Waals surface area (Å²) in [6, 6.07) is 6.59. The van der Waals surface area contributed by atoms with Crippen LogP contribution >= 0.6 is 0 Å². The summed E-state index contributed by atoms with van der Waals surface area (Å²) in [4.78, 5) is 24.2. The summed E-state index contributed by atoms with van der Waals surface area (Å²) >= 11 is 0. The number of ether oxygens (including phenoxy) is 1. The fourth-order valence-corrected chi connectivity index (χ4v) is 4.72. The second-order valence-corrected chi connectivity index (χ2v) is 8.34. The molecule has 144 valence electrons. The molecule has 0 bridgehead atoms. The van der Waals surface area contributed by atoms with Gasteiger partial charge in [0.15, 0.2) is 6.61 Å². The van der Waals surface area contributed by atoms with E-state index in [1.54, 1.807) is 13.0 Å². The van der Waals surface area contributed by atoms with Crippen LogP contribution in [0, 0.1) is 0 Å². The van der Waals surface area contributed by atoms with E-state index >= 15 is 0 Å². The van der Waals surface area contributed by atoms with Crippen LogP contribution in [-0.4, -0.2) is 49.5 Å². The van der Waals surface area contributed by atoms with E-state index in [9.17, 15) is 18.0 Å². The van der Waals surface area contributed by atoms with E-state index in [0.717, 1.165) is 12.0 Å². The third-order valence-corrected chi connectivity index (χ3v) is 6.34. The lowest BCUT2D eigenvalue weighted by atomic mass is 10.1. The lowest BCUT2D eigenvalue weighted by Gasteiger charge is -2.22. The maximum absolute atomic E-state index is 12.3. The SMILES string of the molecule is CCCS(=O)(=O)N1CCCC1C(=O)OCC(=O)Nc1cccc(CC)c1. The van der Waals surface area contributed by atoms with Crippen LogP contribution in [0.1, 0.15) is 38.7 Å². The number of hydrogen-bond donors (Lipinski definition) is 1. The van der Waals surface area contributed by atoms with Crippen molar-refractivity contribution in [3.63, 3.8) is 0 Å². The number of aryl methyl sites for hydroxylation is 1. The zero-order valence-electron chi connectivity index (χ0n) is 15.2. The molecule has 0 aromatic heterocycles. The molecule has 1 unspecified atom stereocenters. The van der Waals surface area contributed by atoms with Gasteiger partial charge in [-0.1, -0.05) is 26.0 Å². The van der Waals surface area contributed by atoms with Crippen molar-refractivity contribution >= 4 is 27.6 Å². The highest BCUT2D eigenvalue weighted by atomic mass is 32.2. The number of benzene rings is 1. The Morgan fingerprint density at radius 1 is 1.31 bits per heavy atom. The smallest absolute Gasteiger partial charge is 0.324 e. The zero-order chi connectivity index (χ0) is 19.2. The third-order valence-electron chi connectivity index (χ3n) is 4.26. The van der Waals surface area contributed by atoms with Crippen LogP contribution in [0.25, 0.3) is 0 Å². The van der Waals surface area contributed by atoms with Crippen LogP contribution in [0.3, 0.4) is 0 Å². The number of sulfonamides is 1. The molecule has 0 radical (unpaired) electrons. The lowest BCUT2D eigenvalue weighted by molar-refractivity contribution is -0.150. The van der Waals surface area contributed by atoms with Crippen LogP contribution < -0.4 is 5.32 Å². The molecule has 0 aliphatic carbocycles. The second kappa shape index (κ2) is 9.14. The number of rotatable bonds is 8. The first-order valence-electron chi connectivity index (χ1n) is 8.92. The molecule has 1 fully saturated rings. The Labute approximate surface area is 154 Å². The van der Waals surface area contributed by atoms with E-state index in [-0.39, 0.29) is 5.75 Å². The minimum absolute atomic E-state index is 0.00500. The molecule has 1 aliphatic rings. The van der Waals surface area contributed by atoms with Crippen molar-refractivity contribution in [3.8, 4) is 0 Å². The van der Waals surface area contributed by atoms with Gasteiger partial charge >= 0.3 is 5.97 Å². The van der Waals surface area contributed by atoms with Gasteiger partial charge in [0, 0.05) is 12.2 Å². The van der Waals surface area contributed by atoms with Gasteiger partial charge in [-0.05, 0) is 43.4 Å². The average molecular weight is 382 g/mol. The minimum Gasteiger partial charge on any atom is -0.454 e. The Hall–Kier alpha value is -1.93. The topological polar surface area (TPSA) is 92.8 Å². The number of nitrogens with zero attached hydrogens (tertiary/aromatic N) is 1. The number of carbonyl (C=O) groups excluding carboxylic acids is 2. The molecule has 1 aromatic rings. The van der Waals surface area contributed by atoms with Crippen LogP contribution in [0.5, 0.6) is 0 Å². The molecule has 26 heavy (non-hydrogen) atoms. The van der Waals surface area contributed by atoms with Crippen LogP contribution in [-0.2, 0) is 30.8 Å². The molecule has 1 aromatic carbocycles. The van der Waals surface area contributed by atoms with E-state index in [2.05, 4.69) is 5.32 Å². The highest BCUT2D eigenvalue weighted by Crippen LogP contribution is 2.23. The zero-order valence-corrected chi connectivity index (χ0v) is 16.0. The van der Waals surface area contributed by atoms with Crippen molar-refractivity contribution in [2.45, 2.75) is 45.6 Å². The van der Waals surface area contributed by atoms with Crippen LogP contribution in [0.2, 0.25) is 0 Å². The van der Waals surface area contributed by atoms with E-state index in [1.807, 2.05) is 25.1 Å². The molecule has 1 heterocycles. The Morgan fingerprint density at radius 3 is 2.77 bits per heavy atom. The largest absolute Gasteiger partial charge is 0.454 e. The van der Waals surface area contributed by atoms with E-state index in [4.69, 9.17) is 4.74 Å².